The molecule has 0 aliphatic heterocycles. The van der Waals surface area contributed by atoms with Crippen LogP contribution >= 0.6 is 11.3 Å². The highest BCUT2D eigenvalue weighted by Crippen LogP contribution is 2.13. The molecule has 1 radical (unpaired) electrons. The fraction of sp³-hybridized carbons (Fsp3) is 0.0769. The highest BCUT2D eigenvalue weighted by atomic mass is 32.1. The molecule has 0 N–H and O–H groups in total. The van der Waals surface area contributed by atoms with Crippen molar-refractivity contribution in [3.63, 3.8) is 0 Å². The van der Waals surface area contributed by atoms with Crippen LogP contribution in [0.3, 0.4) is 0 Å². The van der Waals surface area contributed by atoms with Gasteiger partial charge in [0, 0.05) is 10.9 Å². The second-order valence-corrected chi connectivity index (χ2v) is 3.80. The van der Waals surface area contributed by atoms with Crippen LogP contribution < -0.4 is 0 Å². The molecule has 0 bridgehead atoms. The molecule has 0 amide bonds. The summed E-state index contributed by atoms with van der Waals surface area (Å²) in [5.41, 5.74) is 3.50. The first-order valence-corrected chi connectivity index (χ1v) is 5.25. The van der Waals surface area contributed by atoms with Crippen LogP contribution in [-0.4, -0.2) is 0 Å². The second-order valence-electron chi connectivity index (χ2n) is 3.09. The molecule has 1 aromatic heterocycles. The SMILES string of the molecule is C#Cc1cccc(Cc2c[c]sc2)c1. The predicted octanol–water partition coefficient (Wildman–Crippen LogP) is 3.12. The van der Waals surface area contributed by atoms with Crippen molar-refractivity contribution in [3.8, 4) is 12.3 Å². The lowest BCUT2D eigenvalue weighted by Gasteiger charge is -1.99. The summed E-state index contributed by atoms with van der Waals surface area (Å²) in [6.07, 6.45) is 6.28. The largest absolute Gasteiger partial charge is 0.143 e. The van der Waals surface area contributed by atoms with Crippen molar-refractivity contribution in [2.75, 3.05) is 0 Å². The molecule has 0 aliphatic carbocycles. The Balaban J connectivity index is 2.22. The second kappa shape index (κ2) is 4.13. The summed E-state index contributed by atoms with van der Waals surface area (Å²) in [5, 5.41) is 5.19. The summed E-state index contributed by atoms with van der Waals surface area (Å²) < 4.78 is 0. The van der Waals surface area contributed by atoms with Gasteiger partial charge in [-0.15, -0.1) is 17.8 Å². The highest BCUT2D eigenvalue weighted by molar-refractivity contribution is 7.07. The van der Waals surface area contributed by atoms with Gasteiger partial charge < -0.3 is 0 Å². The van der Waals surface area contributed by atoms with Crippen LogP contribution in [0.1, 0.15) is 16.7 Å². The van der Waals surface area contributed by atoms with Gasteiger partial charge in [0.15, 0.2) is 0 Å². The molecule has 0 atom stereocenters. The maximum absolute atomic E-state index is 5.34. The van der Waals surface area contributed by atoms with Crippen molar-refractivity contribution in [2.24, 2.45) is 0 Å². The number of rotatable bonds is 2. The van der Waals surface area contributed by atoms with E-state index in [1.54, 1.807) is 11.3 Å². The van der Waals surface area contributed by atoms with Gasteiger partial charge in [-0.25, -0.2) is 0 Å². The van der Waals surface area contributed by atoms with E-state index in [9.17, 15) is 0 Å². The van der Waals surface area contributed by atoms with E-state index in [0.717, 1.165) is 12.0 Å². The molecule has 1 heterocycles. The van der Waals surface area contributed by atoms with E-state index >= 15 is 0 Å². The molecular weight excluding hydrogens is 188 g/mol. The molecule has 0 unspecified atom stereocenters. The summed E-state index contributed by atoms with van der Waals surface area (Å²) in [6.45, 7) is 0. The summed E-state index contributed by atoms with van der Waals surface area (Å²) in [5.74, 6) is 2.64. The van der Waals surface area contributed by atoms with Gasteiger partial charge in [0.05, 0.1) is 0 Å². The molecule has 1 aromatic carbocycles. The molecule has 0 nitrogen and oxygen atoms in total. The number of thiophene rings is 1. The topological polar surface area (TPSA) is 0 Å². The summed E-state index contributed by atoms with van der Waals surface area (Å²) in [6, 6.07) is 10.1. The van der Waals surface area contributed by atoms with E-state index in [1.165, 1.54) is 11.1 Å². The van der Waals surface area contributed by atoms with E-state index in [-0.39, 0.29) is 0 Å². The van der Waals surface area contributed by atoms with Crippen molar-refractivity contribution in [3.05, 3.63) is 57.8 Å². The van der Waals surface area contributed by atoms with Gasteiger partial charge in [-0.1, -0.05) is 18.1 Å². The normalized spacial score (nSPS) is 9.64. The third kappa shape index (κ3) is 2.04. The van der Waals surface area contributed by atoms with Gasteiger partial charge in [-0.2, -0.15) is 0 Å². The van der Waals surface area contributed by atoms with Crippen molar-refractivity contribution in [2.45, 2.75) is 6.42 Å². The first-order valence-electron chi connectivity index (χ1n) is 4.37. The van der Waals surface area contributed by atoms with Crippen molar-refractivity contribution in [1.29, 1.82) is 0 Å². The monoisotopic (exact) mass is 197 g/mol. The Hall–Kier alpha value is -1.52. The first-order chi connectivity index (χ1) is 6.88. The average molecular weight is 197 g/mol. The van der Waals surface area contributed by atoms with Crippen LogP contribution in [0.5, 0.6) is 0 Å². The predicted molar refractivity (Wildman–Crippen MR) is 60.3 cm³/mol. The molecule has 0 saturated heterocycles. The van der Waals surface area contributed by atoms with Crippen LogP contribution in [0.15, 0.2) is 35.7 Å². The van der Waals surface area contributed by atoms with Crippen LogP contribution in [0, 0.1) is 17.7 Å². The Morgan fingerprint density at radius 2 is 2.29 bits per heavy atom. The minimum absolute atomic E-state index is 0.940. The van der Waals surface area contributed by atoms with E-state index in [4.69, 9.17) is 6.42 Å². The van der Waals surface area contributed by atoms with Crippen LogP contribution in [-0.2, 0) is 6.42 Å². The Morgan fingerprint density at radius 1 is 1.36 bits per heavy atom. The summed E-state index contributed by atoms with van der Waals surface area (Å²) in [4.78, 5) is 0. The molecule has 2 rings (SSSR count). The number of hydrogen-bond acceptors (Lipinski definition) is 1. The minimum atomic E-state index is 0.940. The summed E-state index contributed by atoms with van der Waals surface area (Å²) >= 11 is 1.60. The van der Waals surface area contributed by atoms with E-state index in [0.29, 0.717) is 0 Å². The van der Waals surface area contributed by atoms with Gasteiger partial charge in [0.2, 0.25) is 0 Å². The Kier molecular flexibility index (Phi) is 2.67. The molecule has 0 saturated carbocycles. The minimum Gasteiger partial charge on any atom is -0.143 e. The Bertz CT molecular complexity index is 446. The third-order valence-electron chi connectivity index (χ3n) is 2.02. The molecule has 0 fully saturated rings. The summed E-state index contributed by atoms with van der Waals surface area (Å²) in [7, 11) is 0. The maximum Gasteiger partial charge on any atom is 0.0445 e. The zero-order chi connectivity index (χ0) is 9.80. The number of hydrogen-bond donors (Lipinski definition) is 0. The fourth-order valence-corrected chi connectivity index (χ4v) is 1.94. The molecular formula is C13H9S. The van der Waals surface area contributed by atoms with Gasteiger partial charge in [0.25, 0.3) is 0 Å². The van der Waals surface area contributed by atoms with Crippen molar-refractivity contribution < 1.29 is 0 Å². The average Bonchev–Trinajstić information content (AvgIpc) is 2.71. The van der Waals surface area contributed by atoms with Crippen LogP contribution in [0.2, 0.25) is 0 Å². The molecule has 14 heavy (non-hydrogen) atoms. The van der Waals surface area contributed by atoms with Crippen LogP contribution in [0.25, 0.3) is 0 Å². The van der Waals surface area contributed by atoms with E-state index in [1.807, 2.05) is 18.2 Å². The van der Waals surface area contributed by atoms with E-state index in [2.05, 4.69) is 28.8 Å². The lowest BCUT2D eigenvalue weighted by atomic mass is 10.1. The zero-order valence-electron chi connectivity index (χ0n) is 7.66. The van der Waals surface area contributed by atoms with E-state index < -0.39 is 0 Å². The molecule has 0 spiro atoms. The molecule has 0 aliphatic rings. The third-order valence-corrected chi connectivity index (χ3v) is 2.70. The molecule has 2 aromatic rings. The lowest BCUT2D eigenvalue weighted by molar-refractivity contribution is 1.21. The van der Waals surface area contributed by atoms with Gasteiger partial charge in [0.1, 0.15) is 0 Å². The van der Waals surface area contributed by atoms with Gasteiger partial charge in [-0.3, -0.25) is 0 Å². The lowest BCUT2D eigenvalue weighted by Crippen LogP contribution is -1.86. The zero-order valence-corrected chi connectivity index (χ0v) is 8.47. The Morgan fingerprint density at radius 3 is 3.00 bits per heavy atom. The first kappa shape index (κ1) is 9.05. The van der Waals surface area contributed by atoms with Gasteiger partial charge in [-0.05, 0) is 41.1 Å². The Labute approximate surface area is 88.2 Å². The highest BCUT2D eigenvalue weighted by Gasteiger charge is 1.97. The molecule has 1 heteroatoms. The van der Waals surface area contributed by atoms with Gasteiger partial charge >= 0.3 is 0 Å². The fourth-order valence-electron chi connectivity index (χ4n) is 1.35. The molecule has 67 valence electrons. The maximum atomic E-state index is 5.34. The quantitative estimate of drug-likeness (QED) is 0.649. The van der Waals surface area contributed by atoms with Crippen molar-refractivity contribution >= 4 is 11.3 Å². The number of benzene rings is 1. The number of terminal acetylenes is 1. The van der Waals surface area contributed by atoms with Crippen LogP contribution in [0.4, 0.5) is 0 Å². The van der Waals surface area contributed by atoms with Crippen molar-refractivity contribution in [1.82, 2.24) is 0 Å². The smallest absolute Gasteiger partial charge is 0.0445 e. The standard InChI is InChI=1S/C13H9S/c1-2-11-4-3-5-12(8-11)9-13-6-7-14-10-13/h1,3-6,8,10H,9H2.